The molecule has 0 unspecified atom stereocenters. The maximum atomic E-state index is 13.4. The average Bonchev–Trinajstić information content (AvgIpc) is 3.27. The molecule has 0 radical (unpaired) electrons. The first-order chi connectivity index (χ1) is 16.8. The summed E-state index contributed by atoms with van der Waals surface area (Å²) in [5, 5.41) is 2.69. The summed E-state index contributed by atoms with van der Waals surface area (Å²) < 4.78 is 51.2. The van der Waals surface area contributed by atoms with Crippen LogP contribution in [-0.2, 0) is 12.6 Å². The molecule has 7 nitrogen and oxygen atoms in total. The highest BCUT2D eigenvalue weighted by atomic mass is 19.4. The third-order valence-electron chi connectivity index (χ3n) is 5.70. The molecule has 1 aliphatic rings. The number of rotatable bonds is 7. The monoisotopic (exact) mass is 486 g/mol. The Hall–Kier alpha value is -3.79. The van der Waals surface area contributed by atoms with Crippen molar-refractivity contribution in [3.05, 3.63) is 77.5 Å². The zero-order valence-corrected chi connectivity index (χ0v) is 19.0. The van der Waals surface area contributed by atoms with E-state index in [-0.39, 0.29) is 24.1 Å². The van der Waals surface area contributed by atoms with Gasteiger partial charge in [-0.25, -0.2) is 9.78 Å². The van der Waals surface area contributed by atoms with E-state index in [1.165, 1.54) is 24.3 Å². The van der Waals surface area contributed by atoms with Gasteiger partial charge < -0.3 is 20.5 Å². The highest BCUT2D eigenvalue weighted by molar-refractivity contribution is 6.03. The molecule has 2 aromatic carbocycles. The highest BCUT2D eigenvalue weighted by Crippen LogP contribution is 2.42. The second kappa shape index (κ2) is 10.2. The minimum Gasteiger partial charge on any atom is -0.496 e. The summed E-state index contributed by atoms with van der Waals surface area (Å²) in [7, 11) is 1.19. The summed E-state index contributed by atoms with van der Waals surface area (Å²) in [5.41, 5.74) is 6.97. The number of nitrogens with zero attached hydrogens (tertiary/aromatic N) is 2. The predicted molar refractivity (Wildman–Crippen MR) is 126 cm³/mol. The first-order valence-electron chi connectivity index (χ1n) is 11.0. The summed E-state index contributed by atoms with van der Waals surface area (Å²) in [6.45, 7) is 0.686. The molecule has 2 heterocycles. The quantitative estimate of drug-likeness (QED) is 0.481. The smallest absolute Gasteiger partial charge is 0.420 e. The molecule has 10 heteroatoms. The van der Waals surface area contributed by atoms with Crippen LogP contribution in [0.2, 0.25) is 0 Å². The lowest BCUT2D eigenvalue weighted by atomic mass is 10.1. The molecule has 2 amide bonds. The predicted octanol–water partition coefficient (Wildman–Crippen LogP) is 5.17. The first kappa shape index (κ1) is 24.3. The van der Waals surface area contributed by atoms with E-state index < -0.39 is 17.8 Å². The van der Waals surface area contributed by atoms with E-state index in [0.29, 0.717) is 36.5 Å². The number of amides is 2. The molecule has 3 aromatic rings. The van der Waals surface area contributed by atoms with Crippen LogP contribution in [0.25, 0.3) is 0 Å². The second-order valence-corrected chi connectivity index (χ2v) is 7.99. The number of alkyl halides is 3. The average molecular weight is 486 g/mol. The number of carbonyl (C=O) groups is 1. The fraction of sp³-hybridized carbons (Fsp3) is 0.280. The number of benzene rings is 2. The number of methoxy groups -OCH3 is 1. The van der Waals surface area contributed by atoms with Crippen molar-refractivity contribution in [2.24, 2.45) is 5.73 Å². The van der Waals surface area contributed by atoms with E-state index in [2.05, 4.69) is 10.3 Å². The van der Waals surface area contributed by atoms with E-state index >= 15 is 0 Å². The molecular formula is C25H25F3N4O3. The Kier molecular flexibility index (Phi) is 7.11. The number of pyridine rings is 1. The fourth-order valence-electron chi connectivity index (χ4n) is 3.99. The SMILES string of the molecule is COc1cc2c(cc1C(F)(F)F)N(C(=O)Nc1ccc(O[C@H](CCN)c3ccccc3)nc1)CC2. The fourth-order valence-corrected chi connectivity index (χ4v) is 3.99. The van der Waals surface area contributed by atoms with Crippen molar-refractivity contribution in [1.82, 2.24) is 4.98 Å². The maximum Gasteiger partial charge on any atom is 0.420 e. The molecule has 0 spiro atoms. The van der Waals surface area contributed by atoms with Gasteiger partial charge in [0.25, 0.3) is 0 Å². The number of carbonyl (C=O) groups excluding carboxylic acids is 1. The van der Waals surface area contributed by atoms with E-state index in [1.807, 2.05) is 30.3 Å². The third-order valence-corrected chi connectivity index (χ3v) is 5.70. The van der Waals surface area contributed by atoms with Gasteiger partial charge in [-0.15, -0.1) is 0 Å². The number of anilines is 2. The molecule has 1 aromatic heterocycles. The van der Waals surface area contributed by atoms with Crippen molar-refractivity contribution in [1.29, 1.82) is 0 Å². The molecule has 0 saturated heterocycles. The van der Waals surface area contributed by atoms with E-state index in [9.17, 15) is 18.0 Å². The number of urea groups is 1. The minimum absolute atomic E-state index is 0.205. The van der Waals surface area contributed by atoms with Crippen LogP contribution in [0.1, 0.15) is 29.2 Å². The van der Waals surface area contributed by atoms with Gasteiger partial charge in [0, 0.05) is 24.7 Å². The van der Waals surface area contributed by atoms with Crippen molar-refractivity contribution in [3.63, 3.8) is 0 Å². The number of aromatic nitrogens is 1. The van der Waals surface area contributed by atoms with Gasteiger partial charge >= 0.3 is 12.2 Å². The maximum absolute atomic E-state index is 13.4. The van der Waals surface area contributed by atoms with Crippen LogP contribution in [-0.4, -0.2) is 31.2 Å². The molecule has 0 bridgehead atoms. The topological polar surface area (TPSA) is 89.7 Å². The standard InChI is InChI=1S/C25H25F3N4O3/c1-34-22-13-17-10-12-32(20(17)14-19(22)25(26,27)28)24(33)31-18-7-8-23(30-15-18)35-21(9-11-29)16-5-3-2-4-6-16/h2-8,13-15,21H,9-12,29H2,1H3,(H,31,33)/t21-/m1/s1. The zero-order valence-electron chi connectivity index (χ0n) is 19.0. The summed E-state index contributed by atoms with van der Waals surface area (Å²) >= 11 is 0. The van der Waals surface area contributed by atoms with Crippen LogP contribution in [0, 0.1) is 0 Å². The van der Waals surface area contributed by atoms with Gasteiger partial charge in [0.15, 0.2) is 0 Å². The Morgan fingerprint density at radius 3 is 2.60 bits per heavy atom. The molecule has 0 fully saturated rings. The number of nitrogens with one attached hydrogen (secondary N) is 1. The van der Waals surface area contributed by atoms with Gasteiger partial charge in [0.1, 0.15) is 11.9 Å². The zero-order chi connectivity index (χ0) is 25.0. The second-order valence-electron chi connectivity index (χ2n) is 7.99. The lowest BCUT2D eigenvalue weighted by Gasteiger charge is -2.21. The molecule has 184 valence electrons. The van der Waals surface area contributed by atoms with E-state index in [4.69, 9.17) is 15.2 Å². The van der Waals surface area contributed by atoms with Crippen LogP contribution in [0.4, 0.5) is 29.3 Å². The minimum atomic E-state index is -4.60. The normalized spacial score (nSPS) is 13.8. The molecule has 0 aliphatic carbocycles. The number of nitrogens with two attached hydrogens (primary N) is 1. The number of fused-ring (bicyclic) bond motifs is 1. The van der Waals surface area contributed by atoms with E-state index in [0.717, 1.165) is 11.6 Å². The molecule has 1 aliphatic heterocycles. The molecule has 4 rings (SSSR count). The summed E-state index contributed by atoms with van der Waals surface area (Å²) in [6, 6.07) is 14.6. The molecule has 1 atom stereocenters. The van der Waals surface area contributed by atoms with E-state index in [1.54, 1.807) is 12.1 Å². The lowest BCUT2D eigenvalue weighted by molar-refractivity contribution is -0.138. The molecular weight excluding hydrogens is 461 g/mol. The van der Waals surface area contributed by atoms with Crippen LogP contribution in [0.15, 0.2) is 60.8 Å². The Labute approximate surface area is 200 Å². The summed E-state index contributed by atoms with van der Waals surface area (Å²) in [5.74, 6) is 0.0977. The number of ether oxygens (including phenoxy) is 2. The highest BCUT2D eigenvalue weighted by Gasteiger charge is 2.37. The Morgan fingerprint density at radius 1 is 1.20 bits per heavy atom. The summed E-state index contributed by atoms with van der Waals surface area (Å²) in [6.07, 6.45) is -2.42. The number of hydrogen-bond donors (Lipinski definition) is 2. The van der Waals surface area contributed by atoms with Crippen molar-refractivity contribution in [2.75, 3.05) is 30.4 Å². The van der Waals surface area contributed by atoms with Crippen LogP contribution < -0.4 is 25.4 Å². The van der Waals surface area contributed by atoms with Crippen molar-refractivity contribution < 1.29 is 27.4 Å². The van der Waals surface area contributed by atoms with Gasteiger partial charge in [-0.05, 0) is 42.3 Å². The van der Waals surface area contributed by atoms with Crippen molar-refractivity contribution >= 4 is 17.4 Å². The van der Waals surface area contributed by atoms with Gasteiger partial charge in [-0.2, -0.15) is 13.2 Å². The first-order valence-corrected chi connectivity index (χ1v) is 11.0. The molecule has 0 saturated carbocycles. The van der Waals surface area contributed by atoms with Crippen molar-refractivity contribution in [2.45, 2.75) is 25.1 Å². The van der Waals surface area contributed by atoms with Gasteiger partial charge in [0.2, 0.25) is 5.88 Å². The van der Waals surface area contributed by atoms with Crippen molar-refractivity contribution in [3.8, 4) is 11.6 Å². The molecule has 35 heavy (non-hydrogen) atoms. The lowest BCUT2D eigenvalue weighted by Crippen LogP contribution is -2.33. The van der Waals surface area contributed by atoms with Gasteiger partial charge in [0.05, 0.1) is 24.6 Å². The Bertz CT molecular complexity index is 1170. The third kappa shape index (κ3) is 5.48. The number of hydrogen-bond acceptors (Lipinski definition) is 5. The largest absolute Gasteiger partial charge is 0.496 e. The van der Waals surface area contributed by atoms with Crippen LogP contribution in [0.3, 0.4) is 0 Å². The van der Waals surface area contributed by atoms with Crippen LogP contribution >= 0.6 is 0 Å². The van der Waals surface area contributed by atoms with Gasteiger partial charge in [-0.1, -0.05) is 30.3 Å². The Morgan fingerprint density at radius 2 is 1.97 bits per heavy atom. The van der Waals surface area contributed by atoms with Gasteiger partial charge in [-0.3, -0.25) is 4.90 Å². The number of halogens is 3. The Balaban J connectivity index is 1.46. The van der Waals surface area contributed by atoms with Crippen LogP contribution in [0.5, 0.6) is 11.6 Å². The summed E-state index contributed by atoms with van der Waals surface area (Å²) in [4.78, 5) is 18.4. The molecule has 3 N–H and O–H groups in total.